The molecule has 3 nitrogen and oxygen atoms in total. The molecule has 0 radical (unpaired) electrons. The molecule has 2 atom stereocenters. The molecule has 0 saturated carbocycles. The Hall–Kier alpha value is -1.07. The molecule has 5 heteroatoms. The molecule has 0 saturated heterocycles. The Morgan fingerprint density at radius 1 is 1.28 bits per heavy atom. The summed E-state index contributed by atoms with van der Waals surface area (Å²) in [5, 5.41) is 12.1. The predicted molar refractivity (Wildman–Crippen MR) is 72.0 cm³/mol. The number of thiophene rings is 1. The van der Waals surface area contributed by atoms with Gasteiger partial charge in [-0.1, -0.05) is 23.7 Å². The van der Waals surface area contributed by atoms with Gasteiger partial charge in [-0.05, 0) is 24.3 Å². The number of nitrogens with one attached hydrogen (secondary N) is 1. The number of para-hydroxylation sites is 1. The number of hydrogen-bond acceptors (Lipinski definition) is 3. The molecule has 1 aliphatic rings. The van der Waals surface area contributed by atoms with Crippen molar-refractivity contribution in [1.29, 1.82) is 0 Å². The zero-order valence-electron chi connectivity index (χ0n) is 9.56. The molecule has 94 valence electrons. The number of quaternary nitrogens is 1. The summed E-state index contributed by atoms with van der Waals surface area (Å²) in [6, 6.07) is 11.5. The van der Waals surface area contributed by atoms with E-state index in [4.69, 9.17) is 16.3 Å². The van der Waals surface area contributed by atoms with E-state index >= 15 is 0 Å². The fourth-order valence-electron chi connectivity index (χ4n) is 2.11. The SMILES string of the molecule is [O-][NH+]1Cc2ccccc2OC(c2ccc(Cl)s2)C1. The standard InChI is InChI=1S/C13H12ClNO2S/c14-13-6-5-12(18-13)11-8-15(16)7-9-3-1-2-4-10(9)17-11/h1-6,11,15H,7-8H2. The van der Waals surface area contributed by atoms with Gasteiger partial charge in [0.1, 0.15) is 18.8 Å². The molecular weight excluding hydrogens is 270 g/mol. The first kappa shape index (κ1) is 12.0. The van der Waals surface area contributed by atoms with Crippen LogP contribution < -0.4 is 9.80 Å². The molecule has 2 unspecified atom stereocenters. The number of fused-ring (bicyclic) bond motifs is 1. The maximum Gasteiger partial charge on any atom is 0.182 e. The van der Waals surface area contributed by atoms with Crippen LogP contribution in [0.2, 0.25) is 4.34 Å². The Kier molecular flexibility index (Phi) is 3.26. The van der Waals surface area contributed by atoms with Crippen molar-refractivity contribution in [3.05, 3.63) is 56.4 Å². The van der Waals surface area contributed by atoms with Gasteiger partial charge in [0.05, 0.1) is 9.21 Å². The van der Waals surface area contributed by atoms with E-state index in [1.54, 1.807) is 0 Å². The van der Waals surface area contributed by atoms with Crippen molar-refractivity contribution in [2.24, 2.45) is 0 Å². The van der Waals surface area contributed by atoms with Crippen molar-refractivity contribution in [1.82, 2.24) is 0 Å². The summed E-state index contributed by atoms with van der Waals surface area (Å²) in [5.41, 5.74) is 0.965. The third-order valence-corrected chi connectivity index (χ3v) is 4.28. The van der Waals surface area contributed by atoms with Crippen molar-refractivity contribution < 1.29 is 9.80 Å². The number of hydrogen-bond donors (Lipinski definition) is 1. The van der Waals surface area contributed by atoms with Crippen molar-refractivity contribution in [3.8, 4) is 5.75 Å². The lowest BCUT2D eigenvalue weighted by atomic mass is 10.2. The van der Waals surface area contributed by atoms with Gasteiger partial charge in [0.15, 0.2) is 6.10 Å². The second-order valence-corrected chi connectivity index (χ2v) is 6.02. The molecule has 3 rings (SSSR count). The largest absolute Gasteiger partial charge is 0.634 e. The lowest BCUT2D eigenvalue weighted by Crippen LogP contribution is -3.06. The van der Waals surface area contributed by atoms with E-state index in [9.17, 15) is 5.21 Å². The minimum atomic E-state index is -0.210. The van der Waals surface area contributed by atoms with Crippen LogP contribution in [0.5, 0.6) is 5.75 Å². The topological polar surface area (TPSA) is 36.7 Å². The van der Waals surface area contributed by atoms with Gasteiger partial charge in [0.2, 0.25) is 0 Å². The molecule has 0 spiro atoms. The van der Waals surface area contributed by atoms with Gasteiger partial charge in [-0.3, -0.25) is 0 Å². The first-order chi connectivity index (χ1) is 8.72. The quantitative estimate of drug-likeness (QED) is 0.815. The molecule has 18 heavy (non-hydrogen) atoms. The molecule has 2 heterocycles. The summed E-state index contributed by atoms with van der Waals surface area (Å²) < 4.78 is 6.68. The van der Waals surface area contributed by atoms with Crippen LogP contribution in [-0.4, -0.2) is 6.54 Å². The third kappa shape index (κ3) is 2.37. The maximum absolute atomic E-state index is 11.9. The van der Waals surface area contributed by atoms with Crippen molar-refractivity contribution in [3.63, 3.8) is 0 Å². The molecule has 2 aromatic rings. The fraction of sp³-hybridized carbons (Fsp3) is 0.231. The molecule has 1 aromatic heterocycles. The summed E-state index contributed by atoms with van der Waals surface area (Å²) in [4.78, 5) is 1.00. The van der Waals surface area contributed by atoms with Gasteiger partial charge in [-0.15, -0.1) is 11.3 Å². The van der Waals surface area contributed by atoms with Gasteiger partial charge in [0.25, 0.3) is 0 Å². The Morgan fingerprint density at radius 2 is 2.11 bits per heavy atom. The summed E-state index contributed by atoms with van der Waals surface area (Å²) in [6.07, 6.45) is -0.210. The van der Waals surface area contributed by atoms with Crippen molar-refractivity contribution in [2.75, 3.05) is 6.54 Å². The molecule has 1 aliphatic heterocycles. The summed E-state index contributed by atoms with van der Waals surface area (Å²) in [5.74, 6) is 0.804. The minimum absolute atomic E-state index is 0.203. The van der Waals surface area contributed by atoms with Crippen LogP contribution in [0.15, 0.2) is 36.4 Å². The van der Waals surface area contributed by atoms with Crippen LogP contribution in [0.25, 0.3) is 0 Å². The molecule has 0 aliphatic carbocycles. The fourth-order valence-corrected chi connectivity index (χ4v) is 3.20. The number of rotatable bonds is 1. The average Bonchev–Trinajstić information content (AvgIpc) is 2.70. The number of benzene rings is 1. The third-order valence-electron chi connectivity index (χ3n) is 2.95. The Labute approximate surface area is 114 Å². The molecule has 0 fully saturated rings. The monoisotopic (exact) mass is 281 g/mol. The molecule has 0 amide bonds. The van der Waals surface area contributed by atoms with Crippen LogP contribution in [0.3, 0.4) is 0 Å². The minimum Gasteiger partial charge on any atom is -0.634 e. The predicted octanol–water partition coefficient (Wildman–Crippen LogP) is 2.42. The zero-order chi connectivity index (χ0) is 12.5. The van der Waals surface area contributed by atoms with Crippen LogP contribution in [0, 0.1) is 5.21 Å². The van der Waals surface area contributed by atoms with Crippen LogP contribution >= 0.6 is 22.9 Å². The number of halogens is 1. The number of hydroxylamine groups is 2. The smallest absolute Gasteiger partial charge is 0.182 e. The second kappa shape index (κ2) is 4.90. The van der Waals surface area contributed by atoms with Crippen LogP contribution in [-0.2, 0) is 6.54 Å². The highest BCUT2D eigenvalue weighted by Crippen LogP contribution is 2.31. The number of ether oxygens (including phenoxy) is 1. The molecule has 1 N–H and O–H groups in total. The average molecular weight is 282 g/mol. The van der Waals surface area contributed by atoms with E-state index in [0.29, 0.717) is 13.1 Å². The van der Waals surface area contributed by atoms with Crippen LogP contribution in [0.4, 0.5) is 0 Å². The highest BCUT2D eigenvalue weighted by atomic mass is 35.5. The first-order valence-corrected chi connectivity index (χ1v) is 6.93. The van der Waals surface area contributed by atoms with E-state index in [-0.39, 0.29) is 11.2 Å². The van der Waals surface area contributed by atoms with Gasteiger partial charge in [-0.2, -0.15) is 0 Å². The van der Waals surface area contributed by atoms with Gasteiger partial charge >= 0.3 is 0 Å². The normalized spacial score (nSPS) is 23.0. The second-order valence-electron chi connectivity index (χ2n) is 4.28. The Morgan fingerprint density at radius 3 is 2.89 bits per heavy atom. The molecule has 0 bridgehead atoms. The van der Waals surface area contributed by atoms with Crippen LogP contribution in [0.1, 0.15) is 16.5 Å². The summed E-state index contributed by atoms with van der Waals surface area (Å²) in [6.45, 7) is 0.858. The Bertz CT molecular complexity index is 557. The zero-order valence-corrected chi connectivity index (χ0v) is 11.1. The van der Waals surface area contributed by atoms with E-state index in [1.165, 1.54) is 11.3 Å². The van der Waals surface area contributed by atoms with Crippen molar-refractivity contribution >= 4 is 22.9 Å². The maximum atomic E-state index is 11.9. The van der Waals surface area contributed by atoms with E-state index in [0.717, 1.165) is 20.5 Å². The van der Waals surface area contributed by atoms with Crippen molar-refractivity contribution in [2.45, 2.75) is 12.6 Å². The van der Waals surface area contributed by atoms with Gasteiger partial charge < -0.3 is 15.0 Å². The highest BCUT2D eigenvalue weighted by Gasteiger charge is 2.24. The summed E-state index contributed by atoms with van der Waals surface area (Å²) in [7, 11) is 0. The van der Waals surface area contributed by atoms with Gasteiger partial charge in [0, 0.05) is 5.56 Å². The molecule has 1 aromatic carbocycles. The summed E-state index contributed by atoms with van der Waals surface area (Å²) >= 11 is 7.40. The van der Waals surface area contributed by atoms with E-state index in [2.05, 4.69) is 0 Å². The van der Waals surface area contributed by atoms with Gasteiger partial charge in [-0.25, -0.2) is 0 Å². The highest BCUT2D eigenvalue weighted by molar-refractivity contribution is 7.16. The van der Waals surface area contributed by atoms with E-state index in [1.807, 2.05) is 36.4 Å². The lowest BCUT2D eigenvalue weighted by Gasteiger charge is -2.22. The first-order valence-electron chi connectivity index (χ1n) is 5.74. The lowest BCUT2D eigenvalue weighted by molar-refractivity contribution is -0.864. The van der Waals surface area contributed by atoms with E-state index < -0.39 is 0 Å². The Balaban J connectivity index is 1.94. The molecular formula is C13H12ClNO2S.